The number of anilines is 1. The van der Waals surface area contributed by atoms with Crippen LogP contribution in [0, 0.1) is 17.8 Å². The van der Waals surface area contributed by atoms with E-state index in [1.807, 2.05) is 6.20 Å². The molecule has 4 saturated carbocycles. The van der Waals surface area contributed by atoms with Crippen molar-refractivity contribution in [3.8, 4) is 11.4 Å². The Bertz CT molecular complexity index is 1020. The number of allylic oxidation sites excluding steroid dienone is 1. The zero-order valence-corrected chi connectivity index (χ0v) is 17.4. The van der Waals surface area contributed by atoms with Gasteiger partial charge in [-0.15, -0.1) is 0 Å². The first kappa shape index (κ1) is 18.5. The summed E-state index contributed by atoms with van der Waals surface area (Å²) in [5.41, 5.74) is 2.30. The largest absolute Gasteiger partial charge is 0.390 e. The van der Waals surface area contributed by atoms with Gasteiger partial charge in [-0.3, -0.25) is 4.98 Å². The van der Waals surface area contributed by atoms with Gasteiger partial charge in [0.1, 0.15) is 5.60 Å². The van der Waals surface area contributed by atoms with Gasteiger partial charge in [0.05, 0.1) is 22.5 Å². The highest BCUT2D eigenvalue weighted by Crippen LogP contribution is 2.56. The van der Waals surface area contributed by atoms with Crippen LogP contribution < -0.4 is 5.32 Å². The number of aliphatic hydroxyl groups is 2. The molecule has 0 aromatic carbocycles. The van der Waals surface area contributed by atoms with Crippen LogP contribution in [0.4, 0.5) is 5.69 Å². The molecule has 30 heavy (non-hydrogen) atoms. The molecule has 0 spiro atoms. The maximum atomic E-state index is 10.9. The molecule has 7 nitrogen and oxygen atoms in total. The number of rotatable bonds is 4. The first-order valence-electron chi connectivity index (χ1n) is 11.0. The molecule has 2 aromatic rings. The van der Waals surface area contributed by atoms with E-state index < -0.39 is 11.2 Å². The van der Waals surface area contributed by atoms with Crippen molar-refractivity contribution < 1.29 is 14.7 Å². The quantitative estimate of drug-likeness (QED) is 0.713. The van der Waals surface area contributed by atoms with Crippen molar-refractivity contribution in [2.75, 3.05) is 5.32 Å². The third-order valence-corrected chi connectivity index (χ3v) is 7.54. The Morgan fingerprint density at radius 2 is 1.97 bits per heavy atom. The first-order valence-corrected chi connectivity index (χ1v) is 11.0. The van der Waals surface area contributed by atoms with E-state index in [1.54, 1.807) is 13.8 Å². The van der Waals surface area contributed by atoms with Crippen molar-refractivity contribution in [2.45, 2.75) is 69.6 Å². The van der Waals surface area contributed by atoms with Gasteiger partial charge in [-0.25, -0.2) is 0 Å². The van der Waals surface area contributed by atoms with E-state index in [2.05, 4.69) is 32.6 Å². The molecule has 5 aliphatic rings. The highest BCUT2D eigenvalue weighted by atomic mass is 16.5. The monoisotopic (exact) mass is 408 g/mol. The highest BCUT2D eigenvalue weighted by Gasteiger charge is 2.54. The smallest absolute Gasteiger partial charge is 0.258 e. The molecule has 4 bridgehead atoms. The van der Waals surface area contributed by atoms with Gasteiger partial charge in [0.25, 0.3) is 5.89 Å². The van der Waals surface area contributed by atoms with Crippen molar-refractivity contribution in [3.63, 3.8) is 0 Å². The lowest BCUT2D eigenvalue weighted by Gasteiger charge is -2.58. The first-order chi connectivity index (χ1) is 14.3. The second-order valence-electron chi connectivity index (χ2n) is 10.4. The number of fused-ring (bicyclic) bond motifs is 1. The van der Waals surface area contributed by atoms with Gasteiger partial charge in [-0.2, -0.15) is 4.98 Å². The van der Waals surface area contributed by atoms with E-state index in [0.717, 1.165) is 48.2 Å². The molecule has 0 radical (unpaired) electrons. The fraction of sp³-hybridized carbons (Fsp3) is 0.609. The Balaban J connectivity index is 1.39. The van der Waals surface area contributed by atoms with Crippen LogP contribution in [-0.4, -0.2) is 37.0 Å². The summed E-state index contributed by atoms with van der Waals surface area (Å²) in [6.45, 7) is 3.26. The summed E-state index contributed by atoms with van der Waals surface area (Å²) in [6.07, 6.45) is 12.0. The summed E-state index contributed by atoms with van der Waals surface area (Å²) in [7, 11) is 0. The van der Waals surface area contributed by atoms with Crippen LogP contribution in [0.2, 0.25) is 0 Å². The summed E-state index contributed by atoms with van der Waals surface area (Å²) in [5.74, 6) is 2.27. The minimum atomic E-state index is -1.19. The Labute approximate surface area is 175 Å². The summed E-state index contributed by atoms with van der Waals surface area (Å²) in [4.78, 5) is 9.10. The summed E-state index contributed by atoms with van der Waals surface area (Å²) in [6, 6.07) is 0.335. The van der Waals surface area contributed by atoms with E-state index in [9.17, 15) is 10.2 Å². The number of aromatic nitrogens is 3. The maximum absolute atomic E-state index is 10.9. The molecular formula is C23H28N4O3. The predicted molar refractivity (Wildman–Crippen MR) is 111 cm³/mol. The van der Waals surface area contributed by atoms with Crippen molar-refractivity contribution in [1.82, 2.24) is 15.1 Å². The van der Waals surface area contributed by atoms with E-state index in [1.165, 1.54) is 12.8 Å². The van der Waals surface area contributed by atoms with Gasteiger partial charge in [0.15, 0.2) is 0 Å². The Morgan fingerprint density at radius 1 is 1.20 bits per heavy atom. The standard InChI is InChI=1S/C23H28N4O3/c1-22(2,28)21-26-20(27-30-21)16-11-24-17-5-3-4-15(17)19(16)25-18-13-6-12-7-14(18)10-23(29,8-12)9-13/h3-4,11-14,18,28-29H,5-10H2,1-2H3,(H,24,25)/t12?,13-,14+,18?,23?. The topological polar surface area (TPSA) is 104 Å². The second kappa shape index (κ2) is 6.14. The van der Waals surface area contributed by atoms with E-state index >= 15 is 0 Å². The van der Waals surface area contributed by atoms with E-state index in [0.29, 0.717) is 29.6 Å². The predicted octanol–water partition coefficient (Wildman–Crippen LogP) is 3.28. The SMILES string of the molecule is CC(C)(O)c1nc(-c2cnc3c(c2NC2[C@@H]4CC5C[C@H]2CC(O)(C5)C4)C=CC3)no1. The number of nitrogens with one attached hydrogen (secondary N) is 1. The minimum Gasteiger partial charge on any atom is -0.390 e. The van der Waals surface area contributed by atoms with Crippen LogP contribution in [0.1, 0.15) is 63.1 Å². The summed E-state index contributed by atoms with van der Waals surface area (Å²) >= 11 is 0. The molecule has 7 rings (SSSR count). The fourth-order valence-electron chi connectivity index (χ4n) is 6.49. The van der Waals surface area contributed by atoms with Gasteiger partial charge in [0.2, 0.25) is 5.82 Å². The van der Waals surface area contributed by atoms with Crippen molar-refractivity contribution in [1.29, 1.82) is 0 Å². The van der Waals surface area contributed by atoms with Crippen LogP contribution in [0.15, 0.2) is 16.8 Å². The molecule has 0 amide bonds. The molecule has 0 saturated heterocycles. The highest BCUT2D eigenvalue weighted by molar-refractivity contribution is 5.84. The van der Waals surface area contributed by atoms with Gasteiger partial charge >= 0.3 is 0 Å². The molecule has 2 aromatic heterocycles. The lowest BCUT2D eigenvalue weighted by Crippen LogP contribution is -2.59. The van der Waals surface area contributed by atoms with Gasteiger partial charge in [-0.1, -0.05) is 17.3 Å². The molecule has 5 aliphatic carbocycles. The average Bonchev–Trinajstić information content (AvgIpc) is 3.32. The van der Waals surface area contributed by atoms with Crippen LogP contribution in [-0.2, 0) is 12.0 Å². The van der Waals surface area contributed by atoms with Crippen molar-refractivity contribution in [3.05, 3.63) is 29.4 Å². The normalized spacial score (nSPS) is 33.9. The number of hydrogen-bond acceptors (Lipinski definition) is 7. The third kappa shape index (κ3) is 2.82. The third-order valence-electron chi connectivity index (χ3n) is 7.54. The maximum Gasteiger partial charge on any atom is 0.258 e. The van der Waals surface area contributed by atoms with E-state index in [-0.39, 0.29) is 5.89 Å². The fourth-order valence-corrected chi connectivity index (χ4v) is 6.49. The Hall–Kier alpha value is -2.25. The second-order valence-corrected chi connectivity index (χ2v) is 10.4. The molecule has 5 atom stereocenters. The van der Waals surface area contributed by atoms with Gasteiger partial charge < -0.3 is 20.1 Å². The van der Waals surface area contributed by atoms with Crippen LogP contribution in [0.25, 0.3) is 17.5 Å². The molecule has 7 heteroatoms. The Morgan fingerprint density at radius 3 is 2.63 bits per heavy atom. The molecule has 158 valence electrons. The van der Waals surface area contributed by atoms with Crippen LogP contribution >= 0.6 is 0 Å². The number of nitrogens with zero attached hydrogens (tertiary/aromatic N) is 3. The Kier molecular flexibility index (Phi) is 3.79. The van der Waals surface area contributed by atoms with Crippen molar-refractivity contribution >= 4 is 11.8 Å². The average molecular weight is 409 g/mol. The lowest BCUT2D eigenvalue weighted by molar-refractivity contribution is -0.129. The molecular weight excluding hydrogens is 380 g/mol. The van der Waals surface area contributed by atoms with Gasteiger partial charge in [0, 0.05) is 24.2 Å². The minimum absolute atomic E-state index is 0.191. The van der Waals surface area contributed by atoms with Crippen molar-refractivity contribution in [2.24, 2.45) is 17.8 Å². The summed E-state index contributed by atoms with van der Waals surface area (Å²) < 4.78 is 5.34. The number of hydrogen-bond donors (Lipinski definition) is 3. The lowest BCUT2D eigenvalue weighted by atomic mass is 9.52. The molecule has 3 unspecified atom stereocenters. The molecule has 3 N–H and O–H groups in total. The van der Waals surface area contributed by atoms with E-state index in [4.69, 9.17) is 4.52 Å². The molecule has 4 fully saturated rings. The zero-order valence-electron chi connectivity index (χ0n) is 17.4. The van der Waals surface area contributed by atoms with Gasteiger partial charge in [-0.05, 0) is 63.7 Å². The molecule has 2 heterocycles. The molecule has 0 aliphatic heterocycles. The number of pyridine rings is 1. The van der Waals surface area contributed by atoms with Crippen LogP contribution in [0.5, 0.6) is 0 Å². The summed E-state index contributed by atoms with van der Waals surface area (Å²) in [5, 5.41) is 29.2. The zero-order chi connectivity index (χ0) is 20.7. The van der Waals surface area contributed by atoms with Crippen LogP contribution in [0.3, 0.4) is 0 Å².